The highest BCUT2D eigenvalue weighted by Crippen LogP contribution is 2.76. The van der Waals surface area contributed by atoms with E-state index in [4.69, 9.17) is 10.7 Å². The Bertz CT molecular complexity index is 903. The van der Waals surface area contributed by atoms with E-state index >= 15 is 0 Å². The molecule has 0 aromatic rings. The van der Waals surface area contributed by atoms with Crippen molar-refractivity contribution >= 4 is 21.7 Å². The molecular weight excluding hydrogens is 464 g/mol. The molecule has 8 unspecified atom stereocenters. The largest absolute Gasteiger partial charge is 0.0995 e. The molecule has 4 fully saturated rings. The Morgan fingerprint density at radius 1 is 1.03 bits per heavy atom. The molecule has 10 atom stereocenters. The molecule has 0 spiro atoms. The van der Waals surface area contributed by atoms with E-state index in [0.29, 0.717) is 33.0 Å². The molecule has 35 heavy (non-hydrogen) atoms. The Labute approximate surface area is 226 Å². The number of rotatable bonds is 3. The van der Waals surface area contributed by atoms with Gasteiger partial charge in [0, 0.05) is 5.75 Å². The van der Waals surface area contributed by atoms with Crippen LogP contribution in [0.3, 0.4) is 0 Å². The first-order chi connectivity index (χ1) is 16.3. The van der Waals surface area contributed by atoms with Crippen LogP contribution in [0.15, 0.2) is 23.8 Å². The van der Waals surface area contributed by atoms with Crippen molar-refractivity contribution in [2.45, 2.75) is 113 Å². The highest BCUT2D eigenvalue weighted by atomic mass is 35.7. The van der Waals surface area contributed by atoms with E-state index in [1.807, 2.05) is 5.57 Å². The van der Waals surface area contributed by atoms with Crippen molar-refractivity contribution in [3.05, 3.63) is 23.8 Å². The summed E-state index contributed by atoms with van der Waals surface area (Å²) in [4.78, 5) is 0. The topological polar surface area (TPSA) is 0 Å². The Morgan fingerprint density at radius 3 is 2.40 bits per heavy atom. The highest BCUT2D eigenvalue weighted by Gasteiger charge is 2.68. The van der Waals surface area contributed by atoms with Gasteiger partial charge < -0.3 is 0 Å². The summed E-state index contributed by atoms with van der Waals surface area (Å²) >= 11 is 0. The van der Waals surface area contributed by atoms with Crippen LogP contribution in [0.5, 0.6) is 0 Å². The second kappa shape index (κ2) is 8.56. The third-order valence-corrected chi connectivity index (χ3v) is 14.9. The second-order valence-corrected chi connectivity index (χ2v) is 16.8. The molecular formula is C33H53ClS. The molecule has 0 bridgehead atoms. The van der Waals surface area contributed by atoms with Crippen LogP contribution in [0.25, 0.3) is 0 Å². The van der Waals surface area contributed by atoms with Crippen LogP contribution in [0, 0.1) is 62.6 Å². The van der Waals surface area contributed by atoms with Gasteiger partial charge in [0.2, 0.25) is 0 Å². The summed E-state index contributed by atoms with van der Waals surface area (Å²) in [7, 11) is 7.72. The van der Waals surface area contributed by atoms with Crippen molar-refractivity contribution < 1.29 is 0 Å². The van der Waals surface area contributed by atoms with Gasteiger partial charge in [0.05, 0.1) is 0 Å². The van der Waals surface area contributed by atoms with E-state index < -0.39 is 0 Å². The fourth-order valence-electron chi connectivity index (χ4n) is 11.7. The molecule has 0 nitrogen and oxygen atoms in total. The van der Waals surface area contributed by atoms with E-state index in [9.17, 15) is 0 Å². The zero-order chi connectivity index (χ0) is 25.6. The Kier molecular flexibility index (Phi) is 6.53. The molecule has 0 saturated heterocycles. The van der Waals surface area contributed by atoms with Gasteiger partial charge in [-0.05, 0) is 138 Å². The molecule has 0 aliphatic heterocycles. The van der Waals surface area contributed by atoms with Crippen molar-refractivity contribution in [1.82, 2.24) is 0 Å². The van der Waals surface area contributed by atoms with E-state index in [1.54, 1.807) is 11.0 Å². The quantitative estimate of drug-likeness (QED) is 0.336. The number of fused-ring (bicyclic) bond motifs is 7. The summed E-state index contributed by atoms with van der Waals surface area (Å²) < 4.78 is 0. The number of halogens is 1. The fraction of sp³-hybridized carbons (Fsp3) is 0.879. The summed E-state index contributed by atoms with van der Waals surface area (Å²) in [5.74, 6) is 5.85. The highest BCUT2D eigenvalue weighted by molar-refractivity contribution is 8.21. The minimum Gasteiger partial charge on any atom is -0.0995 e. The standard InChI is InChI=1S/C33H53ClS/c1-21(2)33-17-16-29(5,6)19-27(33)26-10-11-28-30(7)14-12-24(20-35-34)23(4)25(30)13-15-31(28,8)32(26,9)18-22(33)3/h10,22-25,27-28H,1,11-20H2,2-9H3/t22?,23-,24?,25?,27?,28?,30?,31?,32+,33?/m0/s1. The minimum atomic E-state index is 0.316. The molecule has 198 valence electrons. The third kappa shape index (κ3) is 3.51. The van der Waals surface area contributed by atoms with Crippen molar-refractivity contribution in [3.63, 3.8) is 0 Å². The van der Waals surface area contributed by atoms with E-state index in [0.717, 1.165) is 35.3 Å². The first kappa shape index (κ1) is 26.7. The Hall–Kier alpha value is 0.120. The average Bonchev–Trinajstić information content (AvgIpc) is 2.76. The van der Waals surface area contributed by atoms with Crippen LogP contribution in [0.4, 0.5) is 0 Å². The van der Waals surface area contributed by atoms with Gasteiger partial charge >= 0.3 is 0 Å². The van der Waals surface area contributed by atoms with Gasteiger partial charge in [-0.2, -0.15) is 0 Å². The summed E-state index contributed by atoms with van der Waals surface area (Å²) in [6, 6.07) is 0. The fourth-order valence-corrected chi connectivity index (χ4v) is 12.8. The van der Waals surface area contributed by atoms with E-state index in [-0.39, 0.29) is 0 Å². The number of allylic oxidation sites excluding steroid dienone is 3. The molecule has 0 amide bonds. The zero-order valence-corrected chi connectivity index (χ0v) is 25.7. The SMILES string of the molecule is C=C(C)C12CCC(C)(C)CC1C1=CCC3C4(C)CCC(CSCl)[C@H](C)C4CCC3(C)[C@]1(C)CC2C. The molecule has 5 aliphatic carbocycles. The number of hydrogen-bond acceptors (Lipinski definition) is 1. The molecule has 0 radical (unpaired) electrons. The lowest BCUT2D eigenvalue weighted by Crippen LogP contribution is -2.64. The zero-order valence-electron chi connectivity index (χ0n) is 24.1. The predicted octanol–water partition coefficient (Wildman–Crippen LogP) is 10.7. The molecule has 5 aliphatic rings. The molecule has 4 saturated carbocycles. The predicted molar refractivity (Wildman–Crippen MR) is 156 cm³/mol. The Balaban J connectivity index is 1.57. The molecule has 2 heteroatoms. The summed E-state index contributed by atoms with van der Waals surface area (Å²) in [5, 5.41) is 0. The number of hydrogen-bond donors (Lipinski definition) is 0. The van der Waals surface area contributed by atoms with E-state index in [2.05, 4.69) is 68.0 Å². The van der Waals surface area contributed by atoms with Crippen LogP contribution in [-0.2, 0) is 0 Å². The van der Waals surface area contributed by atoms with Crippen molar-refractivity contribution in [1.29, 1.82) is 0 Å². The minimum absolute atomic E-state index is 0.316. The lowest BCUT2D eigenvalue weighted by atomic mass is 9.33. The van der Waals surface area contributed by atoms with Gasteiger partial charge in [-0.1, -0.05) is 83.2 Å². The van der Waals surface area contributed by atoms with Crippen molar-refractivity contribution in [2.24, 2.45) is 62.6 Å². The van der Waals surface area contributed by atoms with Gasteiger partial charge in [0.15, 0.2) is 0 Å². The van der Waals surface area contributed by atoms with Gasteiger partial charge in [0.1, 0.15) is 0 Å². The molecule has 0 heterocycles. The van der Waals surface area contributed by atoms with Gasteiger partial charge in [0.25, 0.3) is 0 Å². The average molecular weight is 517 g/mol. The van der Waals surface area contributed by atoms with Gasteiger partial charge in [-0.25, -0.2) is 0 Å². The maximum Gasteiger partial charge on any atom is 0.0116 e. The van der Waals surface area contributed by atoms with Gasteiger partial charge in [-0.15, -0.1) is 0 Å². The summed E-state index contributed by atoms with van der Waals surface area (Å²) in [6.07, 6.45) is 15.2. The third-order valence-electron chi connectivity index (χ3n) is 13.9. The van der Waals surface area contributed by atoms with Gasteiger partial charge in [-0.3, -0.25) is 0 Å². The van der Waals surface area contributed by atoms with Crippen LogP contribution in [0.1, 0.15) is 113 Å². The van der Waals surface area contributed by atoms with E-state index in [1.165, 1.54) is 63.4 Å². The first-order valence-electron chi connectivity index (χ1n) is 14.9. The molecule has 0 N–H and O–H groups in total. The lowest BCUT2D eigenvalue weighted by molar-refractivity contribution is -0.177. The molecule has 5 rings (SSSR count). The first-order valence-corrected chi connectivity index (χ1v) is 16.7. The van der Waals surface area contributed by atoms with Crippen molar-refractivity contribution in [3.8, 4) is 0 Å². The molecule has 0 aromatic heterocycles. The van der Waals surface area contributed by atoms with Crippen molar-refractivity contribution in [2.75, 3.05) is 5.75 Å². The Morgan fingerprint density at radius 2 is 1.74 bits per heavy atom. The maximum atomic E-state index is 6.16. The monoisotopic (exact) mass is 516 g/mol. The second-order valence-electron chi connectivity index (χ2n) is 15.6. The van der Waals surface area contributed by atoms with Crippen LogP contribution < -0.4 is 0 Å². The summed E-state index contributed by atoms with van der Waals surface area (Å²) in [6.45, 7) is 25.5. The maximum absolute atomic E-state index is 6.16. The van der Waals surface area contributed by atoms with Crippen LogP contribution in [0.2, 0.25) is 0 Å². The van der Waals surface area contributed by atoms with Crippen LogP contribution >= 0.6 is 21.7 Å². The van der Waals surface area contributed by atoms with Crippen LogP contribution in [-0.4, -0.2) is 5.75 Å². The smallest absolute Gasteiger partial charge is 0.0116 e. The molecule has 0 aromatic carbocycles. The summed E-state index contributed by atoms with van der Waals surface area (Å²) in [5.41, 5.74) is 5.31. The normalized spacial score (nSPS) is 52.9. The lowest BCUT2D eigenvalue weighted by Gasteiger charge is -2.72.